The molecule has 0 N–H and O–H groups in total. The molecule has 8 heavy (non-hydrogen) atoms. The minimum atomic E-state index is 0.757. The van der Waals surface area contributed by atoms with Crippen molar-refractivity contribution in [1.82, 2.24) is 0 Å². The lowest BCUT2D eigenvalue weighted by atomic mass is 10.4. The fourth-order valence-electron chi connectivity index (χ4n) is 0.261. The fraction of sp³-hybridized carbons (Fsp3) is 0.333. The summed E-state index contributed by atoms with van der Waals surface area (Å²) in [4.78, 5) is 0. The maximum Gasteiger partial charge on any atom is 0.0501 e. The van der Waals surface area contributed by atoms with Gasteiger partial charge in [-0.1, -0.05) is 33.6 Å². The molecule has 0 unspecified atom stereocenters. The molecule has 0 amide bonds. The second-order valence-corrected chi connectivity index (χ2v) is 2.98. The van der Waals surface area contributed by atoms with Crippen LogP contribution in [0.5, 0.6) is 0 Å². The van der Waals surface area contributed by atoms with Crippen LogP contribution in [0.15, 0.2) is 21.7 Å². The van der Waals surface area contributed by atoms with E-state index in [0.717, 1.165) is 9.51 Å². The molecule has 0 aromatic rings. The Morgan fingerprint density at radius 1 is 1.62 bits per heavy atom. The maximum absolute atomic E-state index is 5.66. The molecule has 0 spiro atoms. The van der Waals surface area contributed by atoms with Crippen molar-refractivity contribution in [1.29, 1.82) is 0 Å². The first-order valence-corrected chi connectivity index (χ1v) is 3.50. The smallest absolute Gasteiger partial charge is 0.0501 e. The van der Waals surface area contributed by atoms with Gasteiger partial charge in [0.15, 0.2) is 0 Å². The van der Waals surface area contributed by atoms with Gasteiger partial charge in [-0.2, -0.15) is 0 Å². The Bertz CT molecular complexity index is 120. The van der Waals surface area contributed by atoms with Crippen molar-refractivity contribution in [3.8, 4) is 0 Å². The van der Waals surface area contributed by atoms with E-state index in [1.54, 1.807) is 0 Å². The molecule has 46 valence electrons. The molecule has 0 saturated heterocycles. The van der Waals surface area contributed by atoms with Crippen molar-refractivity contribution in [3.05, 3.63) is 21.7 Å². The van der Waals surface area contributed by atoms with E-state index >= 15 is 0 Å². The number of halogens is 2. The van der Waals surface area contributed by atoms with Crippen LogP contribution in [-0.4, -0.2) is 0 Å². The predicted octanol–water partition coefficient (Wildman–Crippen LogP) is 3.43. The number of hydrogen-bond donors (Lipinski definition) is 0. The van der Waals surface area contributed by atoms with Gasteiger partial charge in [-0.25, -0.2) is 0 Å². The van der Waals surface area contributed by atoms with E-state index in [1.165, 1.54) is 0 Å². The minimum Gasteiger partial charge on any atom is -0.0862 e. The maximum atomic E-state index is 5.66. The highest BCUT2D eigenvalue weighted by molar-refractivity contribution is 9.11. The molecule has 0 aromatic carbocycles. The highest BCUT2D eigenvalue weighted by Crippen LogP contribution is 2.15. The van der Waals surface area contributed by atoms with Gasteiger partial charge in [0, 0.05) is 4.48 Å². The third-order valence-corrected chi connectivity index (χ3v) is 1.71. The van der Waals surface area contributed by atoms with Crippen LogP contribution in [0, 0.1) is 0 Å². The van der Waals surface area contributed by atoms with Gasteiger partial charge in [0.1, 0.15) is 0 Å². The predicted molar refractivity (Wildman–Crippen MR) is 42.3 cm³/mol. The monoisotopic (exact) mass is 194 g/mol. The van der Waals surface area contributed by atoms with E-state index < -0.39 is 0 Å². The minimum absolute atomic E-state index is 0.757. The quantitative estimate of drug-likeness (QED) is 0.563. The van der Waals surface area contributed by atoms with Crippen molar-refractivity contribution >= 4 is 27.5 Å². The Kier molecular flexibility index (Phi) is 4.29. The van der Waals surface area contributed by atoms with Gasteiger partial charge < -0.3 is 0 Å². The summed E-state index contributed by atoms with van der Waals surface area (Å²) in [6.07, 6.45) is 3.73. The molecule has 0 nitrogen and oxygen atoms in total. The molecule has 0 fully saturated rings. The standard InChI is InChI=1S/C6H8BrCl/c1-3-4-6(8)5(2)7/h3-4H,1-2H3/b4-3-,6-5-. The molecule has 0 aliphatic rings. The Morgan fingerprint density at radius 2 is 2.12 bits per heavy atom. The van der Waals surface area contributed by atoms with Crippen LogP contribution in [0.4, 0.5) is 0 Å². The summed E-state index contributed by atoms with van der Waals surface area (Å²) in [5.41, 5.74) is 0. The second-order valence-electron chi connectivity index (χ2n) is 1.38. The number of rotatable bonds is 1. The van der Waals surface area contributed by atoms with Crippen molar-refractivity contribution in [2.24, 2.45) is 0 Å². The van der Waals surface area contributed by atoms with Crippen LogP contribution in [-0.2, 0) is 0 Å². The van der Waals surface area contributed by atoms with Crippen molar-refractivity contribution in [3.63, 3.8) is 0 Å². The Balaban J connectivity index is 4.00. The van der Waals surface area contributed by atoms with Crippen molar-refractivity contribution < 1.29 is 0 Å². The summed E-state index contributed by atoms with van der Waals surface area (Å²) in [5, 5.41) is 0.757. The number of hydrogen-bond acceptors (Lipinski definition) is 0. The lowest BCUT2D eigenvalue weighted by Gasteiger charge is -1.86. The van der Waals surface area contributed by atoms with Crippen LogP contribution < -0.4 is 0 Å². The second kappa shape index (κ2) is 4.16. The summed E-state index contributed by atoms with van der Waals surface area (Å²) in [6, 6.07) is 0. The Labute approximate surface area is 63.4 Å². The first-order chi connectivity index (χ1) is 3.68. The SMILES string of the molecule is C/C=C\C(Cl)=C(/C)Br. The zero-order valence-corrected chi connectivity index (χ0v) is 7.25. The highest BCUT2D eigenvalue weighted by Gasteiger charge is 1.85. The van der Waals surface area contributed by atoms with Crippen LogP contribution in [0.3, 0.4) is 0 Å². The molecule has 0 heterocycles. The molecule has 0 bridgehead atoms. The first-order valence-electron chi connectivity index (χ1n) is 2.33. The molecule has 0 atom stereocenters. The fourth-order valence-corrected chi connectivity index (χ4v) is 0.519. The van der Waals surface area contributed by atoms with Crippen LogP contribution in [0.25, 0.3) is 0 Å². The van der Waals surface area contributed by atoms with Gasteiger partial charge in [-0.15, -0.1) is 0 Å². The third-order valence-electron chi connectivity index (χ3n) is 0.642. The van der Waals surface area contributed by atoms with Gasteiger partial charge in [0.05, 0.1) is 5.03 Å². The first kappa shape index (κ1) is 8.25. The van der Waals surface area contributed by atoms with E-state index in [4.69, 9.17) is 11.6 Å². The molecule has 0 saturated carbocycles. The van der Waals surface area contributed by atoms with Crippen LogP contribution in [0.2, 0.25) is 0 Å². The molecule has 2 heteroatoms. The average Bonchev–Trinajstić information content (AvgIpc) is 1.67. The largest absolute Gasteiger partial charge is 0.0862 e. The third kappa shape index (κ3) is 3.28. The molecule has 0 aromatic heterocycles. The molecular weight excluding hydrogens is 187 g/mol. The van der Waals surface area contributed by atoms with E-state index in [9.17, 15) is 0 Å². The lowest BCUT2D eigenvalue weighted by Crippen LogP contribution is -1.62. The van der Waals surface area contributed by atoms with E-state index in [0.29, 0.717) is 0 Å². The van der Waals surface area contributed by atoms with Crippen LogP contribution in [0.1, 0.15) is 13.8 Å². The van der Waals surface area contributed by atoms with E-state index in [-0.39, 0.29) is 0 Å². The molecular formula is C6H8BrCl. The summed E-state index contributed by atoms with van der Waals surface area (Å²) in [7, 11) is 0. The normalized spacial score (nSPS) is 14.5. The highest BCUT2D eigenvalue weighted by atomic mass is 79.9. The Morgan fingerprint density at radius 3 is 2.25 bits per heavy atom. The zero-order chi connectivity index (χ0) is 6.57. The van der Waals surface area contributed by atoms with Gasteiger partial charge in [0.25, 0.3) is 0 Å². The zero-order valence-electron chi connectivity index (χ0n) is 4.91. The van der Waals surface area contributed by atoms with Crippen molar-refractivity contribution in [2.75, 3.05) is 0 Å². The number of allylic oxidation sites excluding steroid dienone is 4. The lowest BCUT2D eigenvalue weighted by molar-refractivity contribution is 1.63. The summed E-state index contributed by atoms with van der Waals surface area (Å²) in [5.74, 6) is 0. The summed E-state index contributed by atoms with van der Waals surface area (Å²) >= 11 is 8.90. The van der Waals surface area contributed by atoms with E-state index in [1.807, 2.05) is 26.0 Å². The van der Waals surface area contributed by atoms with Gasteiger partial charge >= 0.3 is 0 Å². The molecule has 0 rings (SSSR count). The summed E-state index contributed by atoms with van der Waals surface area (Å²) < 4.78 is 0.970. The average molecular weight is 195 g/mol. The van der Waals surface area contributed by atoms with E-state index in [2.05, 4.69) is 15.9 Å². The summed E-state index contributed by atoms with van der Waals surface area (Å²) in [6.45, 7) is 3.83. The molecule has 0 radical (unpaired) electrons. The van der Waals surface area contributed by atoms with Crippen molar-refractivity contribution in [2.45, 2.75) is 13.8 Å². The van der Waals surface area contributed by atoms with Gasteiger partial charge in [0.2, 0.25) is 0 Å². The Hall–Kier alpha value is 0.250. The van der Waals surface area contributed by atoms with Crippen LogP contribution >= 0.6 is 27.5 Å². The molecule has 0 aliphatic carbocycles. The topological polar surface area (TPSA) is 0 Å². The van der Waals surface area contributed by atoms with Gasteiger partial charge in [-0.3, -0.25) is 0 Å². The van der Waals surface area contributed by atoms with Gasteiger partial charge in [-0.05, 0) is 19.9 Å². The molecule has 0 aliphatic heterocycles.